The SMILES string of the molecule is CC(=O)CCN1C(=O)CS(=O)c2ccc(C(C)=O)cc21. The van der Waals surface area contributed by atoms with Crippen molar-refractivity contribution in [3.63, 3.8) is 0 Å². The Balaban J connectivity index is 2.45. The van der Waals surface area contributed by atoms with E-state index in [-0.39, 0.29) is 36.2 Å². The number of rotatable bonds is 4. The average Bonchev–Trinajstić information content (AvgIpc) is 2.37. The number of carbonyl (C=O) groups is 3. The van der Waals surface area contributed by atoms with Crippen LogP contribution in [0.2, 0.25) is 0 Å². The van der Waals surface area contributed by atoms with Gasteiger partial charge in [-0.1, -0.05) is 6.07 Å². The van der Waals surface area contributed by atoms with E-state index in [1.165, 1.54) is 18.7 Å². The Bertz CT molecular complexity index is 624. The summed E-state index contributed by atoms with van der Waals surface area (Å²) in [5.41, 5.74) is 0.941. The lowest BCUT2D eigenvalue weighted by molar-refractivity contribution is -0.117. The molecule has 1 aromatic carbocycles. The highest BCUT2D eigenvalue weighted by Crippen LogP contribution is 2.30. The quantitative estimate of drug-likeness (QED) is 0.785. The van der Waals surface area contributed by atoms with Gasteiger partial charge < -0.3 is 4.90 Å². The summed E-state index contributed by atoms with van der Waals surface area (Å²) in [6.07, 6.45) is 0.238. The van der Waals surface area contributed by atoms with E-state index in [1.807, 2.05) is 0 Å². The van der Waals surface area contributed by atoms with E-state index in [2.05, 4.69) is 0 Å². The predicted molar refractivity (Wildman–Crippen MR) is 75.4 cm³/mol. The first kappa shape index (κ1) is 14.6. The molecule has 1 aromatic rings. The number of amides is 1. The number of Topliss-reactive ketones (excluding diaryl/α,β-unsaturated/α-hetero) is 2. The van der Waals surface area contributed by atoms with Crippen LogP contribution in [0.3, 0.4) is 0 Å². The first-order valence-corrected chi connectivity index (χ1v) is 7.55. The average molecular weight is 293 g/mol. The van der Waals surface area contributed by atoms with Gasteiger partial charge >= 0.3 is 0 Å². The lowest BCUT2D eigenvalue weighted by atomic mass is 10.1. The van der Waals surface area contributed by atoms with Crippen LogP contribution in [0.4, 0.5) is 5.69 Å². The molecule has 0 fully saturated rings. The lowest BCUT2D eigenvalue weighted by Crippen LogP contribution is -2.40. The molecule has 1 atom stereocenters. The maximum atomic E-state index is 12.0. The Morgan fingerprint density at radius 2 is 2.00 bits per heavy atom. The van der Waals surface area contributed by atoms with E-state index >= 15 is 0 Å². The number of hydrogen-bond acceptors (Lipinski definition) is 4. The normalized spacial score (nSPS) is 17.8. The zero-order valence-corrected chi connectivity index (χ0v) is 12.2. The number of carbonyl (C=O) groups excluding carboxylic acids is 3. The second-order valence-electron chi connectivity index (χ2n) is 4.73. The number of ketones is 2. The molecule has 0 saturated carbocycles. The minimum Gasteiger partial charge on any atom is -0.310 e. The summed E-state index contributed by atoms with van der Waals surface area (Å²) < 4.78 is 12.0. The Morgan fingerprint density at radius 1 is 1.30 bits per heavy atom. The number of benzene rings is 1. The van der Waals surface area contributed by atoms with Crippen molar-refractivity contribution in [2.75, 3.05) is 17.2 Å². The lowest BCUT2D eigenvalue weighted by Gasteiger charge is -2.29. The van der Waals surface area contributed by atoms with E-state index in [0.29, 0.717) is 16.1 Å². The van der Waals surface area contributed by atoms with Crippen molar-refractivity contribution in [3.8, 4) is 0 Å². The molecule has 1 heterocycles. The van der Waals surface area contributed by atoms with Crippen LogP contribution in [0.25, 0.3) is 0 Å². The van der Waals surface area contributed by atoms with Crippen LogP contribution in [0.1, 0.15) is 30.6 Å². The van der Waals surface area contributed by atoms with Crippen molar-refractivity contribution < 1.29 is 18.6 Å². The van der Waals surface area contributed by atoms with E-state index in [9.17, 15) is 18.6 Å². The molecule has 1 unspecified atom stereocenters. The van der Waals surface area contributed by atoms with Gasteiger partial charge in [-0.2, -0.15) is 0 Å². The first-order valence-electron chi connectivity index (χ1n) is 6.23. The fourth-order valence-electron chi connectivity index (χ4n) is 2.06. The molecule has 2 rings (SSSR count). The topological polar surface area (TPSA) is 71.5 Å². The molecular formula is C14H15NO4S. The standard InChI is InChI=1S/C14H15NO4S/c1-9(16)5-6-15-12-7-11(10(2)17)3-4-13(12)20(19)8-14(15)18/h3-4,7H,5-6,8H2,1-2H3. The molecule has 20 heavy (non-hydrogen) atoms. The van der Waals surface area contributed by atoms with Crippen LogP contribution in [0.5, 0.6) is 0 Å². The van der Waals surface area contributed by atoms with Crippen LogP contribution in [0.15, 0.2) is 23.1 Å². The molecule has 0 spiro atoms. The molecule has 0 N–H and O–H groups in total. The van der Waals surface area contributed by atoms with Crippen molar-refractivity contribution in [2.45, 2.75) is 25.2 Å². The number of hydrogen-bond donors (Lipinski definition) is 0. The summed E-state index contributed by atoms with van der Waals surface area (Å²) in [5.74, 6) is -0.501. The molecule has 0 radical (unpaired) electrons. The van der Waals surface area contributed by atoms with Crippen LogP contribution >= 0.6 is 0 Å². The predicted octanol–water partition coefficient (Wildman–Crippen LogP) is 1.32. The van der Waals surface area contributed by atoms with Crippen molar-refractivity contribution in [3.05, 3.63) is 23.8 Å². The van der Waals surface area contributed by atoms with E-state index in [0.717, 1.165) is 0 Å². The van der Waals surface area contributed by atoms with Crippen LogP contribution in [-0.4, -0.2) is 34.0 Å². The van der Waals surface area contributed by atoms with Crippen LogP contribution in [0, 0.1) is 0 Å². The van der Waals surface area contributed by atoms with Gasteiger partial charge in [-0.25, -0.2) is 0 Å². The van der Waals surface area contributed by atoms with Gasteiger partial charge in [-0.15, -0.1) is 0 Å². The molecule has 6 heteroatoms. The third-order valence-corrected chi connectivity index (χ3v) is 4.49. The second-order valence-corrected chi connectivity index (χ2v) is 6.15. The summed E-state index contributed by atoms with van der Waals surface area (Å²) in [6, 6.07) is 4.81. The van der Waals surface area contributed by atoms with Crippen molar-refractivity contribution >= 4 is 34.0 Å². The molecule has 1 aliphatic rings. The number of fused-ring (bicyclic) bond motifs is 1. The highest BCUT2D eigenvalue weighted by molar-refractivity contribution is 7.86. The van der Waals surface area contributed by atoms with E-state index < -0.39 is 10.8 Å². The summed E-state index contributed by atoms with van der Waals surface area (Å²) in [5, 5.41) is 0. The highest BCUT2D eigenvalue weighted by atomic mass is 32.2. The monoisotopic (exact) mass is 293 g/mol. The number of anilines is 1. The van der Waals surface area contributed by atoms with E-state index in [1.54, 1.807) is 18.2 Å². The number of nitrogens with zero attached hydrogens (tertiary/aromatic N) is 1. The molecule has 106 valence electrons. The van der Waals surface area contributed by atoms with Crippen molar-refractivity contribution in [1.82, 2.24) is 0 Å². The molecule has 0 aliphatic carbocycles. The summed E-state index contributed by atoms with van der Waals surface area (Å²) in [4.78, 5) is 36.5. The zero-order chi connectivity index (χ0) is 14.9. The Morgan fingerprint density at radius 3 is 2.60 bits per heavy atom. The molecule has 0 saturated heterocycles. The van der Waals surface area contributed by atoms with E-state index in [4.69, 9.17) is 0 Å². The molecule has 1 aliphatic heterocycles. The third kappa shape index (κ3) is 2.85. The molecule has 5 nitrogen and oxygen atoms in total. The molecule has 0 bridgehead atoms. The fourth-order valence-corrected chi connectivity index (χ4v) is 3.21. The smallest absolute Gasteiger partial charge is 0.240 e. The second kappa shape index (κ2) is 5.66. The van der Waals surface area contributed by atoms with Gasteiger partial charge in [-0.3, -0.25) is 18.6 Å². The Labute approximate surface area is 119 Å². The summed E-state index contributed by atoms with van der Waals surface area (Å²) in [7, 11) is -1.39. The zero-order valence-electron chi connectivity index (χ0n) is 11.3. The molecule has 0 aromatic heterocycles. The van der Waals surface area contributed by atoms with Gasteiger partial charge in [0, 0.05) is 18.5 Å². The van der Waals surface area contributed by atoms with Gasteiger partial charge in [0.15, 0.2) is 5.78 Å². The summed E-state index contributed by atoms with van der Waals surface area (Å²) in [6.45, 7) is 3.14. The van der Waals surface area contributed by atoms with Gasteiger partial charge in [0.25, 0.3) is 0 Å². The minimum absolute atomic E-state index is 0.0197. The highest BCUT2D eigenvalue weighted by Gasteiger charge is 2.29. The van der Waals surface area contributed by atoms with Crippen LogP contribution in [-0.2, 0) is 20.4 Å². The van der Waals surface area contributed by atoms with Gasteiger partial charge in [-0.05, 0) is 26.0 Å². The Hall–Kier alpha value is -1.82. The molecular weight excluding hydrogens is 278 g/mol. The first-order chi connectivity index (χ1) is 9.40. The maximum Gasteiger partial charge on any atom is 0.240 e. The van der Waals surface area contributed by atoms with Gasteiger partial charge in [0.05, 0.1) is 21.4 Å². The minimum atomic E-state index is -1.39. The summed E-state index contributed by atoms with van der Waals surface area (Å²) >= 11 is 0. The largest absolute Gasteiger partial charge is 0.310 e. The third-order valence-electron chi connectivity index (χ3n) is 3.14. The fraction of sp³-hybridized carbons (Fsp3) is 0.357. The van der Waals surface area contributed by atoms with Gasteiger partial charge in [0.1, 0.15) is 11.5 Å². The maximum absolute atomic E-state index is 12.0. The molecule has 1 amide bonds. The van der Waals surface area contributed by atoms with Crippen molar-refractivity contribution in [1.29, 1.82) is 0 Å². The Kier molecular flexibility index (Phi) is 4.13. The van der Waals surface area contributed by atoms with Gasteiger partial charge in [0.2, 0.25) is 5.91 Å². The van der Waals surface area contributed by atoms with Crippen LogP contribution < -0.4 is 4.90 Å². The van der Waals surface area contributed by atoms with Crippen molar-refractivity contribution in [2.24, 2.45) is 0 Å².